The molecule has 2 aromatic rings. The average molecular weight is 356 g/mol. The van der Waals surface area contributed by atoms with Crippen molar-refractivity contribution in [2.75, 3.05) is 0 Å². The summed E-state index contributed by atoms with van der Waals surface area (Å²) in [5, 5.41) is 7.13. The number of hydrogen-bond donors (Lipinski definition) is 1. The third kappa shape index (κ3) is 4.09. The maximum Gasteiger partial charge on any atom is 0.274 e. The van der Waals surface area contributed by atoms with Crippen molar-refractivity contribution in [3.63, 3.8) is 0 Å². The molecule has 2 atom stereocenters. The van der Waals surface area contributed by atoms with E-state index in [0.29, 0.717) is 22.9 Å². The Kier molecular flexibility index (Phi) is 5.64. The Morgan fingerprint density at radius 2 is 2.04 bits per heavy atom. The van der Waals surface area contributed by atoms with Crippen LogP contribution in [-0.4, -0.2) is 17.1 Å². The first-order valence-electron chi connectivity index (χ1n) is 9.41. The average Bonchev–Trinajstić information content (AvgIpc) is 2.97. The number of aryl methyl sites for hydroxylation is 3. The van der Waals surface area contributed by atoms with Crippen molar-refractivity contribution in [1.29, 1.82) is 0 Å². The molecule has 26 heavy (non-hydrogen) atoms. The van der Waals surface area contributed by atoms with Gasteiger partial charge in [0.2, 0.25) is 0 Å². The number of aromatic nitrogens is 1. The smallest absolute Gasteiger partial charge is 0.274 e. The molecule has 5 nitrogen and oxygen atoms in total. The Labute approximate surface area is 155 Å². The highest BCUT2D eigenvalue weighted by molar-refractivity contribution is 5.94. The largest absolute Gasteiger partial charge is 0.488 e. The standard InChI is InChI=1S/C21H28N2O3/c1-13-9-10-19(15(3)11-13)25-12-17-16(4)26-23-20(17)21(24)22-18-8-6-5-7-14(18)2/h9-11,14,18H,5-8,12H2,1-4H3,(H,22,24). The lowest BCUT2D eigenvalue weighted by atomic mass is 9.86. The summed E-state index contributed by atoms with van der Waals surface area (Å²) >= 11 is 0. The van der Waals surface area contributed by atoms with Gasteiger partial charge in [0.25, 0.3) is 5.91 Å². The SMILES string of the molecule is Cc1ccc(OCc2c(C(=O)NC3CCCCC3C)noc2C)c(C)c1. The highest BCUT2D eigenvalue weighted by Gasteiger charge is 2.27. The zero-order valence-corrected chi connectivity index (χ0v) is 16.1. The zero-order valence-electron chi connectivity index (χ0n) is 16.1. The van der Waals surface area contributed by atoms with Crippen LogP contribution in [0, 0.1) is 26.7 Å². The summed E-state index contributed by atoms with van der Waals surface area (Å²) in [7, 11) is 0. The van der Waals surface area contributed by atoms with E-state index in [1.807, 2.05) is 26.0 Å². The van der Waals surface area contributed by atoms with Gasteiger partial charge in [-0.05, 0) is 51.2 Å². The number of carbonyl (C=O) groups excluding carboxylic acids is 1. The summed E-state index contributed by atoms with van der Waals surface area (Å²) in [6.45, 7) is 8.34. The number of carbonyl (C=O) groups is 1. The second kappa shape index (κ2) is 7.94. The van der Waals surface area contributed by atoms with Gasteiger partial charge < -0.3 is 14.6 Å². The lowest BCUT2D eigenvalue weighted by Crippen LogP contribution is -2.41. The summed E-state index contributed by atoms with van der Waals surface area (Å²) in [6.07, 6.45) is 4.59. The Hall–Kier alpha value is -2.30. The van der Waals surface area contributed by atoms with Gasteiger partial charge in [0, 0.05) is 6.04 Å². The quantitative estimate of drug-likeness (QED) is 0.857. The minimum atomic E-state index is -0.167. The fourth-order valence-corrected chi connectivity index (χ4v) is 3.62. The maximum absolute atomic E-state index is 12.7. The number of amides is 1. The lowest BCUT2D eigenvalue weighted by Gasteiger charge is -2.29. The molecule has 3 rings (SSSR count). The zero-order chi connectivity index (χ0) is 18.7. The van der Waals surface area contributed by atoms with E-state index in [-0.39, 0.29) is 18.6 Å². The molecule has 1 aromatic heterocycles. The van der Waals surface area contributed by atoms with Crippen LogP contribution < -0.4 is 10.1 Å². The van der Waals surface area contributed by atoms with Crippen LogP contribution in [0.3, 0.4) is 0 Å². The van der Waals surface area contributed by atoms with Crippen molar-refractivity contribution < 1.29 is 14.1 Å². The first kappa shape index (κ1) is 18.5. The van der Waals surface area contributed by atoms with Gasteiger partial charge in [-0.25, -0.2) is 0 Å². The maximum atomic E-state index is 12.7. The summed E-state index contributed by atoms with van der Waals surface area (Å²) in [5.74, 6) is 1.76. The van der Waals surface area contributed by atoms with Crippen molar-refractivity contribution >= 4 is 5.91 Å². The number of nitrogens with zero attached hydrogens (tertiary/aromatic N) is 1. The molecule has 1 aromatic carbocycles. The van der Waals surface area contributed by atoms with Gasteiger partial charge in [0.05, 0.1) is 5.56 Å². The van der Waals surface area contributed by atoms with E-state index in [2.05, 4.69) is 30.4 Å². The second-order valence-electron chi connectivity index (χ2n) is 7.47. The third-order valence-corrected chi connectivity index (χ3v) is 5.33. The van der Waals surface area contributed by atoms with Gasteiger partial charge >= 0.3 is 0 Å². The van der Waals surface area contributed by atoms with E-state index in [1.165, 1.54) is 12.0 Å². The number of hydrogen-bond acceptors (Lipinski definition) is 4. The van der Waals surface area contributed by atoms with E-state index >= 15 is 0 Å². The molecule has 0 aliphatic heterocycles. The molecule has 0 bridgehead atoms. The minimum Gasteiger partial charge on any atom is -0.488 e. The number of ether oxygens (including phenoxy) is 1. The van der Waals surface area contributed by atoms with Crippen LogP contribution in [0.5, 0.6) is 5.75 Å². The molecule has 1 fully saturated rings. The predicted molar refractivity (Wildman–Crippen MR) is 100 cm³/mol. The van der Waals surface area contributed by atoms with E-state index in [1.54, 1.807) is 0 Å². The topological polar surface area (TPSA) is 64.4 Å². The van der Waals surface area contributed by atoms with Crippen molar-refractivity contribution in [3.8, 4) is 5.75 Å². The molecule has 1 aliphatic carbocycles. The van der Waals surface area contributed by atoms with Gasteiger partial charge in [-0.15, -0.1) is 0 Å². The van der Waals surface area contributed by atoms with Crippen LogP contribution in [0.1, 0.15) is 65.5 Å². The molecule has 1 aliphatic rings. The Morgan fingerprint density at radius 3 is 2.77 bits per heavy atom. The van der Waals surface area contributed by atoms with Gasteiger partial charge in [-0.1, -0.05) is 42.6 Å². The highest BCUT2D eigenvalue weighted by atomic mass is 16.5. The molecule has 2 unspecified atom stereocenters. The summed E-state index contributed by atoms with van der Waals surface area (Å²) in [6, 6.07) is 6.26. The number of benzene rings is 1. The number of rotatable bonds is 5. The molecule has 5 heteroatoms. The van der Waals surface area contributed by atoms with Crippen LogP contribution in [0.2, 0.25) is 0 Å². The Balaban J connectivity index is 1.70. The van der Waals surface area contributed by atoms with E-state index < -0.39 is 0 Å². The Morgan fingerprint density at radius 1 is 1.27 bits per heavy atom. The van der Waals surface area contributed by atoms with E-state index in [0.717, 1.165) is 30.6 Å². The van der Waals surface area contributed by atoms with E-state index in [4.69, 9.17) is 9.26 Å². The molecule has 0 radical (unpaired) electrons. The van der Waals surface area contributed by atoms with Crippen LogP contribution in [0.15, 0.2) is 22.7 Å². The summed E-state index contributed by atoms with van der Waals surface area (Å²) in [4.78, 5) is 12.7. The van der Waals surface area contributed by atoms with Gasteiger partial charge in [0.15, 0.2) is 5.69 Å². The fourth-order valence-electron chi connectivity index (χ4n) is 3.62. The molecule has 1 saturated carbocycles. The molecule has 0 spiro atoms. The van der Waals surface area contributed by atoms with Crippen LogP contribution in [-0.2, 0) is 6.61 Å². The normalized spacial score (nSPS) is 20.0. The third-order valence-electron chi connectivity index (χ3n) is 5.33. The number of nitrogens with one attached hydrogen (secondary N) is 1. The lowest BCUT2D eigenvalue weighted by molar-refractivity contribution is 0.0899. The predicted octanol–water partition coefficient (Wildman–Crippen LogP) is 4.49. The van der Waals surface area contributed by atoms with Gasteiger partial charge in [-0.2, -0.15) is 0 Å². The van der Waals surface area contributed by atoms with Gasteiger partial charge in [0.1, 0.15) is 18.1 Å². The fraction of sp³-hybridized carbons (Fsp3) is 0.524. The summed E-state index contributed by atoms with van der Waals surface area (Å²) < 4.78 is 11.2. The molecule has 1 heterocycles. The van der Waals surface area contributed by atoms with Crippen molar-refractivity contribution in [1.82, 2.24) is 10.5 Å². The van der Waals surface area contributed by atoms with Crippen molar-refractivity contribution in [2.24, 2.45) is 5.92 Å². The van der Waals surface area contributed by atoms with Gasteiger partial charge in [-0.3, -0.25) is 4.79 Å². The monoisotopic (exact) mass is 356 g/mol. The highest BCUT2D eigenvalue weighted by Crippen LogP contribution is 2.25. The molecular weight excluding hydrogens is 328 g/mol. The summed E-state index contributed by atoms with van der Waals surface area (Å²) in [5.41, 5.74) is 3.31. The molecule has 0 saturated heterocycles. The van der Waals surface area contributed by atoms with Crippen molar-refractivity contribution in [3.05, 3.63) is 46.3 Å². The minimum absolute atomic E-state index is 0.167. The first-order valence-corrected chi connectivity index (χ1v) is 9.41. The van der Waals surface area contributed by atoms with Crippen LogP contribution >= 0.6 is 0 Å². The molecule has 140 valence electrons. The van der Waals surface area contributed by atoms with Crippen LogP contribution in [0.4, 0.5) is 0 Å². The first-order chi connectivity index (χ1) is 12.5. The molecule has 1 amide bonds. The Bertz CT molecular complexity index is 782. The van der Waals surface area contributed by atoms with Crippen molar-refractivity contribution in [2.45, 2.75) is 66.0 Å². The van der Waals surface area contributed by atoms with E-state index in [9.17, 15) is 4.79 Å². The van der Waals surface area contributed by atoms with Crippen LogP contribution in [0.25, 0.3) is 0 Å². The molecular formula is C21H28N2O3. The second-order valence-corrected chi connectivity index (χ2v) is 7.47. The molecule has 1 N–H and O–H groups in total.